The van der Waals surface area contributed by atoms with Crippen LogP contribution in [0.25, 0.3) is 0 Å². The molecule has 1 unspecified atom stereocenters. The molecule has 2 aromatic carbocycles. The summed E-state index contributed by atoms with van der Waals surface area (Å²) in [6, 6.07) is 9.98. The minimum atomic E-state index is -1.33. The molecule has 0 saturated carbocycles. The Labute approximate surface area is 196 Å². The summed E-state index contributed by atoms with van der Waals surface area (Å²) in [5.74, 6) is -3.55. The highest BCUT2D eigenvalue weighted by molar-refractivity contribution is 6.06. The zero-order valence-electron chi connectivity index (χ0n) is 19.2. The van der Waals surface area contributed by atoms with Crippen LogP contribution in [0.3, 0.4) is 0 Å². The molecule has 0 aromatic heterocycles. The molecular weight excluding hydrogens is 444 g/mol. The first kappa shape index (κ1) is 26.3. The van der Waals surface area contributed by atoms with Crippen LogP contribution in [0.4, 0.5) is 4.79 Å². The molecule has 2 amide bonds. The number of aromatic hydroxyl groups is 1. The van der Waals surface area contributed by atoms with Crippen LogP contribution >= 0.6 is 0 Å². The fourth-order valence-corrected chi connectivity index (χ4v) is 3.09. The van der Waals surface area contributed by atoms with Gasteiger partial charge in [0.1, 0.15) is 24.0 Å². The summed E-state index contributed by atoms with van der Waals surface area (Å²) >= 11 is 0. The number of carboxylic acids is 1. The average Bonchev–Trinajstić information content (AvgIpc) is 2.73. The molecule has 5 N–H and O–H groups in total. The molecule has 34 heavy (non-hydrogen) atoms. The first-order valence-electron chi connectivity index (χ1n) is 10.4. The second-order valence-electron chi connectivity index (χ2n) is 8.53. The summed E-state index contributed by atoms with van der Waals surface area (Å²) in [6.07, 6.45) is -1.76. The molecular formula is C24H28N2O8. The van der Waals surface area contributed by atoms with E-state index in [4.69, 9.17) is 20.3 Å². The van der Waals surface area contributed by atoms with Crippen molar-refractivity contribution in [3.63, 3.8) is 0 Å². The molecule has 0 saturated heterocycles. The third kappa shape index (κ3) is 7.89. The largest absolute Gasteiger partial charge is 0.507 e. The first-order chi connectivity index (χ1) is 15.9. The summed E-state index contributed by atoms with van der Waals surface area (Å²) in [4.78, 5) is 48.8. The van der Waals surface area contributed by atoms with Crippen LogP contribution < -0.4 is 11.1 Å². The van der Waals surface area contributed by atoms with E-state index in [2.05, 4.69) is 0 Å². The molecule has 0 radical (unpaired) electrons. The number of carbonyl (C=O) groups is 4. The van der Waals surface area contributed by atoms with Crippen LogP contribution in [0.15, 0.2) is 42.5 Å². The number of carboxylic acid groups (broad SMARTS) is 1. The molecule has 10 heteroatoms. The molecule has 2 aromatic rings. The molecule has 0 spiro atoms. The van der Waals surface area contributed by atoms with Crippen LogP contribution in [0.5, 0.6) is 5.75 Å². The quantitative estimate of drug-likeness (QED) is 0.422. The van der Waals surface area contributed by atoms with Crippen LogP contribution in [-0.2, 0) is 38.5 Å². The van der Waals surface area contributed by atoms with Crippen molar-refractivity contribution in [2.45, 2.75) is 51.9 Å². The molecule has 2 rings (SSSR count). The Balaban J connectivity index is 2.31. The van der Waals surface area contributed by atoms with Crippen LogP contribution in [0, 0.1) is 0 Å². The van der Waals surface area contributed by atoms with Gasteiger partial charge in [-0.2, -0.15) is 0 Å². The Morgan fingerprint density at radius 3 is 2.29 bits per heavy atom. The van der Waals surface area contributed by atoms with Crippen LogP contribution in [0.2, 0.25) is 0 Å². The highest BCUT2D eigenvalue weighted by Gasteiger charge is 2.27. The summed E-state index contributed by atoms with van der Waals surface area (Å²) in [5, 5.41) is 21.6. The lowest BCUT2D eigenvalue weighted by Crippen LogP contribution is -2.35. The Morgan fingerprint density at radius 1 is 1.06 bits per heavy atom. The fraction of sp³-hybridized carbons (Fsp3) is 0.333. The molecule has 182 valence electrons. The number of nitrogens with one attached hydrogen (secondary N) is 1. The maximum absolute atomic E-state index is 12.9. The smallest absolute Gasteiger partial charge is 0.414 e. The third-order valence-electron chi connectivity index (χ3n) is 4.54. The number of rotatable bonds is 8. The summed E-state index contributed by atoms with van der Waals surface area (Å²) in [6.45, 7) is 4.88. The van der Waals surface area contributed by atoms with Crippen LogP contribution in [0.1, 0.15) is 47.8 Å². The number of amides is 2. The van der Waals surface area contributed by atoms with E-state index < -0.39 is 47.8 Å². The van der Waals surface area contributed by atoms with Crippen molar-refractivity contribution in [2.24, 2.45) is 5.73 Å². The monoisotopic (exact) mass is 472 g/mol. The maximum atomic E-state index is 12.9. The number of phenols is 1. The number of aliphatic carboxylic acids is 1. The lowest BCUT2D eigenvalue weighted by Gasteiger charge is -2.21. The SMILES string of the molecule is CC(C)(C)OC(=O)Cc1c(CC(N)C(=O)O)ccc(O)c1C(=O)NC(=O)OCc1ccccc1. The minimum absolute atomic E-state index is 0.000639. The second-order valence-corrected chi connectivity index (χ2v) is 8.53. The van der Waals surface area contributed by atoms with Gasteiger partial charge in [0, 0.05) is 0 Å². The molecule has 0 aliphatic heterocycles. The number of imide groups is 1. The lowest BCUT2D eigenvalue weighted by molar-refractivity contribution is -0.153. The maximum Gasteiger partial charge on any atom is 0.414 e. The first-order valence-corrected chi connectivity index (χ1v) is 10.4. The van der Waals surface area contributed by atoms with Gasteiger partial charge in [0.15, 0.2) is 0 Å². The van der Waals surface area contributed by atoms with Crippen molar-refractivity contribution in [1.82, 2.24) is 5.32 Å². The van der Waals surface area contributed by atoms with E-state index in [1.807, 2.05) is 5.32 Å². The van der Waals surface area contributed by atoms with Gasteiger partial charge in [-0.3, -0.25) is 19.7 Å². The number of benzene rings is 2. The van der Waals surface area contributed by atoms with E-state index >= 15 is 0 Å². The van der Waals surface area contributed by atoms with Gasteiger partial charge < -0.3 is 25.4 Å². The Hall–Kier alpha value is -3.92. The predicted molar refractivity (Wildman–Crippen MR) is 121 cm³/mol. The van der Waals surface area contributed by atoms with E-state index in [0.29, 0.717) is 5.56 Å². The van der Waals surface area contributed by atoms with Crippen molar-refractivity contribution in [3.05, 3.63) is 64.7 Å². The number of esters is 1. The van der Waals surface area contributed by atoms with Gasteiger partial charge in [-0.1, -0.05) is 36.4 Å². The molecule has 10 nitrogen and oxygen atoms in total. The Bertz CT molecular complexity index is 1060. The van der Waals surface area contributed by atoms with Gasteiger partial charge in [0.2, 0.25) is 0 Å². The van der Waals surface area contributed by atoms with E-state index in [1.54, 1.807) is 51.1 Å². The predicted octanol–water partition coefficient (Wildman–Crippen LogP) is 2.30. The van der Waals surface area contributed by atoms with Crippen molar-refractivity contribution in [2.75, 3.05) is 0 Å². The lowest BCUT2D eigenvalue weighted by atomic mass is 9.92. The van der Waals surface area contributed by atoms with Gasteiger partial charge >= 0.3 is 18.0 Å². The highest BCUT2D eigenvalue weighted by Crippen LogP contribution is 2.27. The Kier molecular flexibility index (Phi) is 8.74. The Morgan fingerprint density at radius 2 is 1.71 bits per heavy atom. The second kappa shape index (κ2) is 11.3. The molecule has 0 aliphatic rings. The minimum Gasteiger partial charge on any atom is -0.507 e. The topological polar surface area (TPSA) is 165 Å². The van der Waals surface area contributed by atoms with Crippen molar-refractivity contribution in [1.29, 1.82) is 0 Å². The van der Waals surface area contributed by atoms with E-state index in [0.717, 1.165) is 6.07 Å². The van der Waals surface area contributed by atoms with Gasteiger partial charge in [0.25, 0.3) is 5.91 Å². The average molecular weight is 472 g/mol. The summed E-state index contributed by atoms with van der Waals surface area (Å²) < 4.78 is 10.3. The van der Waals surface area contributed by atoms with Gasteiger partial charge in [-0.15, -0.1) is 0 Å². The molecule has 0 aliphatic carbocycles. The van der Waals surface area contributed by atoms with E-state index in [-0.39, 0.29) is 29.7 Å². The number of phenolic OH excluding ortho intramolecular Hbond substituents is 1. The molecule has 0 bridgehead atoms. The van der Waals surface area contributed by atoms with Crippen molar-refractivity contribution < 1.29 is 38.9 Å². The number of nitrogens with two attached hydrogens (primary N) is 1. The van der Waals surface area contributed by atoms with E-state index in [1.165, 1.54) is 6.07 Å². The highest BCUT2D eigenvalue weighted by atomic mass is 16.6. The van der Waals surface area contributed by atoms with Gasteiger partial charge in [-0.05, 0) is 49.9 Å². The third-order valence-corrected chi connectivity index (χ3v) is 4.54. The summed E-state index contributed by atoms with van der Waals surface area (Å²) in [7, 11) is 0. The normalized spacial score (nSPS) is 11.9. The number of carbonyl (C=O) groups excluding carboxylic acids is 3. The van der Waals surface area contributed by atoms with E-state index in [9.17, 15) is 24.3 Å². The number of hydrogen-bond donors (Lipinski definition) is 4. The fourth-order valence-electron chi connectivity index (χ4n) is 3.09. The standard InChI is InChI=1S/C24H28N2O8/c1-24(2,3)34-19(28)12-16-15(11-17(25)22(30)31)9-10-18(27)20(16)21(29)26-23(32)33-13-14-7-5-4-6-8-14/h4-10,17,27H,11-13,25H2,1-3H3,(H,30,31)(H,26,29,32). The zero-order valence-corrected chi connectivity index (χ0v) is 19.2. The number of alkyl carbamates (subject to hydrolysis) is 1. The number of ether oxygens (including phenoxy) is 2. The molecule has 0 fully saturated rings. The van der Waals surface area contributed by atoms with Crippen LogP contribution in [-0.4, -0.2) is 45.8 Å². The zero-order chi connectivity index (χ0) is 25.5. The molecule has 1 atom stereocenters. The van der Waals surface area contributed by atoms with Crippen molar-refractivity contribution in [3.8, 4) is 5.75 Å². The number of hydrogen-bond acceptors (Lipinski definition) is 8. The summed E-state index contributed by atoms with van der Waals surface area (Å²) in [5.41, 5.74) is 5.37. The molecule has 0 heterocycles. The van der Waals surface area contributed by atoms with Gasteiger partial charge in [0.05, 0.1) is 12.0 Å². The van der Waals surface area contributed by atoms with Gasteiger partial charge in [-0.25, -0.2) is 4.79 Å². The van der Waals surface area contributed by atoms with Crippen molar-refractivity contribution >= 4 is 23.9 Å².